The molecular formula is C24H22BrClN2O3. The van der Waals surface area contributed by atoms with Crippen molar-refractivity contribution in [3.63, 3.8) is 0 Å². The van der Waals surface area contributed by atoms with Crippen LogP contribution in [0.15, 0.2) is 70.2 Å². The van der Waals surface area contributed by atoms with Crippen molar-refractivity contribution in [2.75, 3.05) is 7.11 Å². The number of ether oxygens (including phenoxy) is 2. The summed E-state index contributed by atoms with van der Waals surface area (Å²) >= 11 is 9.44. The van der Waals surface area contributed by atoms with Gasteiger partial charge >= 0.3 is 0 Å². The van der Waals surface area contributed by atoms with E-state index in [2.05, 4.69) is 26.5 Å². The van der Waals surface area contributed by atoms with E-state index in [9.17, 15) is 4.79 Å². The van der Waals surface area contributed by atoms with Crippen molar-refractivity contribution in [2.45, 2.75) is 20.0 Å². The van der Waals surface area contributed by atoms with Gasteiger partial charge < -0.3 is 9.47 Å². The minimum absolute atomic E-state index is 0.186. The largest absolute Gasteiger partial charge is 0.493 e. The third-order valence-corrected chi connectivity index (χ3v) is 5.28. The molecule has 5 nitrogen and oxygen atoms in total. The number of amides is 1. The van der Waals surface area contributed by atoms with Crippen LogP contribution >= 0.6 is 27.5 Å². The van der Waals surface area contributed by atoms with E-state index < -0.39 is 0 Å². The fraction of sp³-hybridized carbons (Fsp3) is 0.167. The summed E-state index contributed by atoms with van der Waals surface area (Å²) in [7, 11) is 1.57. The quantitative estimate of drug-likeness (QED) is 0.319. The molecule has 0 aromatic heterocycles. The van der Waals surface area contributed by atoms with Crippen molar-refractivity contribution in [3.05, 3.63) is 92.4 Å². The summed E-state index contributed by atoms with van der Waals surface area (Å²) in [4.78, 5) is 12.1. The van der Waals surface area contributed by atoms with E-state index in [0.717, 1.165) is 22.3 Å². The van der Waals surface area contributed by atoms with Gasteiger partial charge in [0, 0.05) is 5.02 Å². The summed E-state index contributed by atoms with van der Waals surface area (Å²) in [6.07, 6.45) is 1.82. The molecule has 31 heavy (non-hydrogen) atoms. The number of benzene rings is 3. The molecule has 1 N–H and O–H groups in total. The molecule has 0 saturated heterocycles. The van der Waals surface area contributed by atoms with Gasteiger partial charge in [-0.05, 0) is 63.8 Å². The zero-order valence-electron chi connectivity index (χ0n) is 17.2. The Balaban J connectivity index is 1.62. The predicted octanol–water partition coefficient (Wildman–Crippen LogP) is 5.69. The van der Waals surface area contributed by atoms with Gasteiger partial charge in [-0.15, -0.1) is 0 Å². The Bertz CT molecular complexity index is 1070. The number of hydrazone groups is 1. The summed E-state index contributed by atoms with van der Waals surface area (Å²) in [6, 6.07) is 18.9. The van der Waals surface area contributed by atoms with Crippen LogP contribution in [-0.2, 0) is 17.8 Å². The molecule has 0 unspecified atom stereocenters. The average molecular weight is 502 g/mol. The van der Waals surface area contributed by atoms with Gasteiger partial charge in [-0.1, -0.05) is 53.6 Å². The monoisotopic (exact) mass is 500 g/mol. The second-order valence-electron chi connectivity index (χ2n) is 6.90. The molecular weight excluding hydrogens is 480 g/mol. The first kappa shape index (κ1) is 22.8. The van der Waals surface area contributed by atoms with Crippen LogP contribution in [0, 0.1) is 6.92 Å². The first-order valence-electron chi connectivity index (χ1n) is 9.57. The SMILES string of the molecule is COc1cc(/C=N/NC(=O)Cc2ccc(C)cc2)cc(Br)c1OCc1ccc(Cl)cc1. The third kappa shape index (κ3) is 6.84. The standard InChI is InChI=1S/C24H22BrClN2O3/c1-16-3-5-17(6-4-16)13-23(29)28-27-14-19-11-21(25)24(22(12-19)30-2)31-15-18-7-9-20(26)10-8-18/h3-12,14H,13,15H2,1-2H3,(H,28,29)/b27-14+. The molecule has 3 rings (SSSR count). The molecule has 0 bridgehead atoms. The Labute approximate surface area is 195 Å². The molecule has 0 atom stereocenters. The maximum Gasteiger partial charge on any atom is 0.244 e. The molecule has 0 aliphatic rings. The normalized spacial score (nSPS) is 10.8. The van der Waals surface area contributed by atoms with Crippen molar-refractivity contribution in [2.24, 2.45) is 5.10 Å². The van der Waals surface area contributed by atoms with Crippen LogP contribution in [0.3, 0.4) is 0 Å². The lowest BCUT2D eigenvalue weighted by Gasteiger charge is -2.13. The van der Waals surface area contributed by atoms with Crippen LogP contribution in [0.4, 0.5) is 0 Å². The van der Waals surface area contributed by atoms with Gasteiger partial charge in [0.05, 0.1) is 24.2 Å². The molecule has 3 aromatic carbocycles. The number of nitrogens with zero attached hydrogens (tertiary/aromatic N) is 1. The molecule has 3 aromatic rings. The van der Waals surface area contributed by atoms with Crippen molar-refractivity contribution in [1.82, 2.24) is 5.43 Å². The van der Waals surface area contributed by atoms with Crippen LogP contribution in [-0.4, -0.2) is 19.2 Å². The highest BCUT2D eigenvalue weighted by Crippen LogP contribution is 2.36. The average Bonchev–Trinajstić information content (AvgIpc) is 2.75. The van der Waals surface area contributed by atoms with E-state index >= 15 is 0 Å². The van der Waals surface area contributed by atoms with Crippen LogP contribution in [0.5, 0.6) is 11.5 Å². The number of aryl methyl sites for hydroxylation is 1. The number of nitrogens with one attached hydrogen (secondary N) is 1. The third-order valence-electron chi connectivity index (χ3n) is 4.44. The number of carbonyl (C=O) groups is 1. The van der Waals surface area contributed by atoms with Gasteiger partial charge in [-0.3, -0.25) is 4.79 Å². The van der Waals surface area contributed by atoms with Crippen LogP contribution in [0.1, 0.15) is 22.3 Å². The predicted molar refractivity (Wildman–Crippen MR) is 127 cm³/mol. The van der Waals surface area contributed by atoms with Crippen LogP contribution in [0.2, 0.25) is 5.02 Å². The second-order valence-corrected chi connectivity index (χ2v) is 8.20. The number of rotatable bonds is 8. The first-order valence-corrected chi connectivity index (χ1v) is 10.7. The van der Waals surface area contributed by atoms with Crippen molar-refractivity contribution < 1.29 is 14.3 Å². The van der Waals surface area contributed by atoms with E-state index in [4.69, 9.17) is 21.1 Å². The molecule has 0 heterocycles. The summed E-state index contributed by atoms with van der Waals surface area (Å²) in [5, 5.41) is 4.73. The summed E-state index contributed by atoms with van der Waals surface area (Å²) in [6.45, 7) is 2.38. The summed E-state index contributed by atoms with van der Waals surface area (Å²) in [5.74, 6) is 0.947. The molecule has 0 fully saturated rings. The molecule has 0 aliphatic carbocycles. The Morgan fingerprint density at radius 3 is 2.45 bits per heavy atom. The topological polar surface area (TPSA) is 59.9 Å². The second kappa shape index (κ2) is 11.0. The fourth-order valence-electron chi connectivity index (χ4n) is 2.80. The van der Waals surface area contributed by atoms with Gasteiger partial charge in [0.25, 0.3) is 0 Å². The Morgan fingerprint density at radius 2 is 1.77 bits per heavy atom. The lowest BCUT2D eigenvalue weighted by molar-refractivity contribution is -0.120. The smallest absolute Gasteiger partial charge is 0.244 e. The number of hydrogen-bond acceptors (Lipinski definition) is 4. The lowest BCUT2D eigenvalue weighted by atomic mass is 10.1. The van der Waals surface area contributed by atoms with Gasteiger partial charge in [0.1, 0.15) is 6.61 Å². The van der Waals surface area contributed by atoms with Gasteiger partial charge in [-0.2, -0.15) is 5.10 Å². The van der Waals surface area contributed by atoms with Crippen LogP contribution in [0.25, 0.3) is 0 Å². The van der Waals surface area contributed by atoms with Crippen molar-refractivity contribution in [1.29, 1.82) is 0 Å². The van der Waals surface area contributed by atoms with Gasteiger partial charge in [-0.25, -0.2) is 5.43 Å². The zero-order chi connectivity index (χ0) is 22.2. The maximum absolute atomic E-state index is 12.1. The molecule has 0 saturated carbocycles. The molecule has 7 heteroatoms. The lowest BCUT2D eigenvalue weighted by Crippen LogP contribution is -2.19. The summed E-state index contributed by atoms with van der Waals surface area (Å²) in [5.41, 5.74) is 6.37. The maximum atomic E-state index is 12.1. The van der Waals surface area contributed by atoms with Gasteiger partial charge in [0.15, 0.2) is 11.5 Å². The molecule has 0 spiro atoms. The van der Waals surface area contributed by atoms with E-state index in [0.29, 0.717) is 27.6 Å². The zero-order valence-corrected chi connectivity index (χ0v) is 19.5. The van der Waals surface area contributed by atoms with Crippen LogP contribution < -0.4 is 14.9 Å². The van der Waals surface area contributed by atoms with E-state index in [1.165, 1.54) is 0 Å². The molecule has 0 radical (unpaired) electrons. The first-order chi connectivity index (χ1) is 14.9. The van der Waals surface area contributed by atoms with Crippen molar-refractivity contribution >= 4 is 39.7 Å². The van der Waals surface area contributed by atoms with E-state index in [1.54, 1.807) is 19.4 Å². The molecule has 0 aliphatic heterocycles. The Morgan fingerprint density at radius 1 is 1.10 bits per heavy atom. The highest BCUT2D eigenvalue weighted by atomic mass is 79.9. The minimum atomic E-state index is -0.186. The molecule has 160 valence electrons. The summed E-state index contributed by atoms with van der Waals surface area (Å²) < 4.78 is 12.1. The fourth-order valence-corrected chi connectivity index (χ4v) is 3.50. The van der Waals surface area contributed by atoms with E-state index in [1.807, 2.05) is 61.5 Å². The number of methoxy groups -OCH3 is 1. The Kier molecular flexibility index (Phi) is 8.09. The van der Waals surface area contributed by atoms with Gasteiger partial charge in [0.2, 0.25) is 5.91 Å². The number of hydrogen-bond donors (Lipinski definition) is 1. The molecule has 1 amide bonds. The van der Waals surface area contributed by atoms with E-state index in [-0.39, 0.29) is 12.3 Å². The number of halogens is 2. The number of carbonyl (C=O) groups excluding carboxylic acids is 1. The van der Waals surface area contributed by atoms with Crippen molar-refractivity contribution in [3.8, 4) is 11.5 Å². The highest BCUT2D eigenvalue weighted by molar-refractivity contribution is 9.10. The minimum Gasteiger partial charge on any atom is -0.493 e. The highest BCUT2D eigenvalue weighted by Gasteiger charge is 2.12. The Hall–Kier alpha value is -2.83.